The molecule has 0 heterocycles. The smallest absolute Gasteiger partial charge is 0.461 e. The van der Waals surface area contributed by atoms with Crippen LogP contribution in [0.3, 0.4) is 0 Å². The molecule has 12 heteroatoms. The molecule has 0 aromatic rings. The van der Waals surface area contributed by atoms with Gasteiger partial charge < -0.3 is 24.2 Å². The lowest BCUT2D eigenvalue weighted by molar-refractivity contribution is -0.161. The zero-order chi connectivity index (χ0) is 58.3. The lowest BCUT2D eigenvalue weighted by Gasteiger charge is -2.21. The molecule has 2 N–H and O–H groups in total. The Morgan fingerprint density at radius 1 is 0.375 bits per heavy atom. The topological polar surface area (TPSA) is 155 Å². The zero-order valence-corrected chi connectivity index (χ0v) is 50.6. The second kappa shape index (κ2) is 60.2. The quantitative estimate of drug-likeness (QED) is 0.0197. The molecule has 0 saturated carbocycles. The number of aliphatic hydroxyl groups is 1. The molecular formula is C68H107O11P. The van der Waals surface area contributed by atoms with Crippen molar-refractivity contribution < 1.29 is 52.2 Å². The van der Waals surface area contributed by atoms with Crippen molar-refractivity contribution in [1.29, 1.82) is 0 Å². The number of rotatable bonds is 54. The van der Waals surface area contributed by atoms with Crippen LogP contribution in [0.2, 0.25) is 0 Å². The summed E-state index contributed by atoms with van der Waals surface area (Å²) < 4.78 is 39.4. The number of esters is 3. The number of hydrogen-bond acceptors (Lipinski definition) is 10. The third-order valence-corrected chi connectivity index (χ3v) is 12.9. The van der Waals surface area contributed by atoms with Gasteiger partial charge in [0.25, 0.3) is 0 Å². The van der Waals surface area contributed by atoms with E-state index in [1.54, 1.807) is 6.08 Å². The molecule has 0 aliphatic rings. The average molecular weight is 1130 g/mol. The Morgan fingerprint density at radius 2 is 0.688 bits per heavy atom. The Hall–Kier alpha value is -4.90. The molecule has 3 unspecified atom stereocenters. The molecule has 0 spiro atoms. The van der Waals surface area contributed by atoms with Crippen LogP contribution in [0.1, 0.15) is 213 Å². The van der Waals surface area contributed by atoms with Crippen LogP contribution in [0.5, 0.6) is 0 Å². The molecule has 0 fully saturated rings. The first-order chi connectivity index (χ1) is 39.2. The van der Waals surface area contributed by atoms with Gasteiger partial charge in [-0.2, -0.15) is 0 Å². The van der Waals surface area contributed by atoms with Crippen molar-refractivity contribution in [2.24, 2.45) is 0 Å². The third-order valence-electron chi connectivity index (χ3n) is 11.9. The van der Waals surface area contributed by atoms with Crippen molar-refractivity contribution >= 4 is 25.7 Å². The Balaban J connectivity index is 4.87. The molecule has 3 atom stereocenters. The minimum absolute atomic E-state index is 0.0232. The zero-order valence-electron chi connectivity index (χ0n) is 49.7. The molecule has 0 aliphatic heterocycles. The minimum Gasteiger partial charge on any atom is -0.461 e. The van der Waals surface area contributed by atoms with Crippen molar-refractivity contribution in [3.8, 4) is 0 Å². The monoisotopic (exact) mass is 1130 g/mol. The highest BCUT2D eigenvalue weighted by atomic mass is 31.2. The fourth-order valence-corrected chi connectivity index (χ4v) is 8.19. The summed E-state index contributed by atoms with van der Waals surface area (Å²) >= 11 is 0. The van der Waals surface area contributed by atoms with Crippen molar-refractivity contribution in [1.82, 2.24) is 0 Å². The van der Waals surface area contributed by atoms with Gasteiger partial charge in [-0.15, -0.1) is 0 Å². The molecular weight excluding hydrogens is 1020 g/mol. The molecule has 450 valence electrons. The fraction of sp³-hybridized carbons (Fsp3) is 0.574. The van der Waals surface area contributed by atoms with Gasteiger partial charge in [-0.3, -0.25) is 23.4 Å². The van der Waals surface area contributed by atoms with Crippen LogP contribution in [0, 0.1) is 0 Å². The van der Waals surface area contributed by atoms with Gasteiger partial charge >= 0.3 is 25.7 Å². The van der Waals surface area contributed by atoms with E-state index >= 15 is 0 Å². The van der Waals surface area contributed by atoms with Gasteiger partial charge in [0.1, 0.15) is 12.7 Å². The van der Waals surface area contributed by atoms with Gasteiger partial charge in [0.05, 0.1) is 26.2 Å². The van der Waals surface area contributed by atoms with E-state index < -0.39 is 64.4 Å². The number of ether oxygens (including phenoxy) is 3. The van der Waals surface area contributed by atoms with Gasteiger partial charge in [-0.1, -0.05) is 224 Å². The number of carbonyl (C=O) groups is 3. The van der Waals surface area contributed by atoms with Gasteiger partial charge in [-0.05, 0) is 128 Å². The number of phosphoric acid groups is 1. The molecule has 0 aromatic heterocycles. The Morgan fingerprint density at radius 3 is 1.07 bits per heavy atom. The van der Waals surface area contributed by atoms with Crippen LogP contribution in [-0.4, -0.2) is 66.5 Å². The van der Waals surface area contributed by atoms with Crippen LogP contribution in [0.15, 0.2) is 158 Å². The fourth-order valence-electron chi connectivity index (χ4n) is 7.40. The number of allylic oxidation sites excluding steroid dienone is 25. The lowest BCUT2D eigenvalue weighted by Crippen LogP contribution is -2.30. The molecule has 80 heavy (non-hydrogen) atoms. The first kappa shape index (κ1) is 75.1. The summed E-state index contributed by atoms with van der Waals surface area (Å²) in [6.07, 6.45) is 79.4. The van der Waals surface area contributed by atoms with E-state index in [1.165, 1.54) is 25.7 Å². The first-order valence-corrected chi connectivity index (χ1v) is 31.9. The summed E-state index contributed by atoms with van der Waals surface area (Å²) in [5, 5.41) is 9.84. The second-order valence-electron chi connectivity index (χ2n) is 19.4. The average Bonchev–Trinajstić information content (AvgIpc) is 3.45. The van der Waals surface area contributed by atoms with Crippen LogP contribution >= 0.6 is 7.82 Å². The summed E-state index contributed by atoms with van der Waals surface area (Å²) in [6.45, 7) is 4.21. The summed E-state index contributed by atoms with van der Waals surface area (Å²) in [6, 6.07) is 0. The molecule has 0 aliphatic carbocycles. The summed E-state index contributed by atoms with van der Waals surface area (Å²) in [4.78, 5) is 48.6. The highest BCUT2D eigenvalue weighted by Crippen LogP contribution is 2.43. The van der Waals surface area contributed by atoms with Crippen molar-refractivity contribution in [2.45, 2.75) is 226 Å². The summed E-state index contributed by atoms with van der Waals surface area (Å²) in [5.74, 6) is -1.69. The highest BCUT2D eigenvalue weighted by molar-refractivity contribution is 7.47. The Bertz CT molecular complexity index is 1950. The molecule has 0 radical (unpaired) electrons. The molecule has 0 rings (SSSR count). The van der Waals surface area contributed by atoms with Gasteiger partial charge in [0.15, 0.2) is 6.10 Å². The lowest BCUT2D eigenvalue weighted by atomic mass is 10.1. The van der Waals surface area contributed by atoms with E-state index in [9.17, 15) is 28.9 Å². The van der Waals surface area contributed by atoms with Crippen molar-refractivity contribution in [3.63, 3.8) is 0 Å². The van der Waals surface area contributed by atoms with E-state index in [1.807, 2.05) is 12.2 Å². The molecule has 11 nitrogen and oxygen atoms in total. The normalized spacial score (nSPS) is 14.4. The maximum Gasteiger partial charge on any atom is 0.472 e. The molecule has 0 amide bonds. The van der Waals surface area contributed by atoms with Gasteiger partial charge in [0, 0.05) is 12.8 Å². The third kappa shape index (κ3) is 57.8. The maximum atomic E-state index is 12.9. The van der Waals surface area contributed by atoms with E-state index in [2.05, 4.69) is 161 Å². The highest BCUT2D eigenvalue weighted by Gasteiger charge is 2.28. The predicted octanol–water partition coefficient (Wildman–Crippen LogP) is 18.5. The van der Waals surface area contributed by atoms with E-state index in [4.69, 9.17) is 23.3 Å². The molecule has 0 aromatic carbocycles. The Labute approximate surface area is 485 Å². The van der Waals surface area contributed by atoms with E-state index in [-0.39, 0.29) is 19.3 Å². The number of unbranched alkanes of at least 4 members (excludes halogenated alkanes) is 12. The summed E-state index contributed by atoms with van der Waals surface area (Å²) in [7, 11) is -4.80. The van der Waals surface area contributed by atoms with Crippen LogP contribution in [0.4, 0.5) is 0 Å². The standard InChI is InChI=1S/C68H107O11P/c1-4-7-10-13-16-19-22-25-28-30-32-34-37-40-43-46-49-52-55-58-67(71)78-64(60-69)62-76-80(73,74)77-63-65(61-75-66(70)57-54-51-48-45-42-39-36-27-24-21-18-15-12-9-6-3)79-68(72)59-56-53-50-47-44-41-38-35-33-31-29-26-23-20-17-14-11-8-5-2/h8-9,11-12,16-21,25-29,32-36,41-42,44-45,51,54,64-65,69H,4-7,10,13-15,22-24,30-31,37-40,43,46-50,52-53,55-63H2,1-3H3,(H,73,74)/b11-8-,12-9-,19-16-,20-17-,21-18-,28-25-,29-26-,34-32-,35-33-,36-27-,44-41-,45-42-,54-51-. The molecule has 0 saturated heterocycles. The SMILES string of the molecule is CC/C=C\C/C=C\C/C=C\C/C=C\C/C=C\CCCCCC(=O)OC(COC(=O)C/C=C\C/C=C\C/C=C\C/C=C\C/C=C\CC)COP(=O)(O)OCC(CO)OC(=O)CCCCCCCC/C=C\C/C=C\C/C=C\CCCCC. The number of hydrogen-bond donors (Lipinski definition) is 2. The van der Waals surface area contributed by atoms with Crippen molar-refractivity contribution in [3.05, 3.63) is 158 Å². The second-order valence-corrected chi connectivity index (χ2v) is 20.9. The first-order valence-electron chi connectivity index (χ1n) is 30.4. The van der Waals surface area contributed by atoms with Crippen LogP contribution in [0.25, 0.3) is 0 Å². The maximum absolute atomic E-state index is 12.9. The molecule has 0 bridgehead atoms. The van der Waals surface area contributed by atoms with Gasteiger partial charge in [-0.25, -0.2) is 4.57 Å². The number of phosphoric ester groups is 1. The van der Waals surface area contributed by atoms with Crippen molar-refractivity contribution in [2.75, 3.05) is 26.4 Å². The predicted molar refractivity (Wildman–Crippen MR) is 334 cm³/mol. The Kier molecular flexibility index (Phi) is 56.5. The largest absolute Gasteiger partial charge is 0.472 e. The van der Waals surface area contributed by atoms with Gasteiger partial charge in [0.2, 0.25) is 0 Å². The number of aliphatic hydroxyl groups excluding tert-OH is 1. The minimum atomic E-state index is -4.80. The number of carbonyl (C=O) groups excluding carboxylic acids is 3. The van der Waals surface area contributed by atoms with Crippen LogP contribution < -0.4 is 0 Å². The van der Waals surface area contributed by atoms with Crippen LogP contribution in [-0.2, 0) is 42.2 Å². The van der Waals surface area contributed by atoms with E-state index in [0.717, 1.165) is 128 Å². The summed E-state index contributed by atoms with van der Waals surface area (Å²) in [5.41, 5.74) is 0. The van der Waals surface area contributed by atoms with E-state index in [0.29, 0.717) is 19.3 Å².